The van der Waals surface area contributed by atoms with Crippen LogP contribution in [0.1, 0.15) is 30.5 Å². The molecule has 0 aromatic heterocycles. The van der Waals surface area contributed by atoms with Gasteiger partial charge in [-0.2, -0.15) is 0 Å². The van der Waals surface area contributed by atoms with Crippen LogP contribution in [-0.4, -0.2) is 24.3 Å². The lowest BCUT2D eigenvalue weighted by Crippen LogP contribution is -2.24. The number of aliphatic hydroxyl groups excluding tert-OH is 1. The minimum atomic E-state index is -0.290. The lowest BCUT2D eigenvalue weighted by atomic mass is 10.0. The van der Waals surface area contributed by atoms with Crippen molar-refractivity contribution in [3.63, 3.8) is 0 Å². The van der Waals surface area contributed by atoms with Gasteiger partial charge < -0.3 is 15.7 Å². The van der Waals surface area contributed by atoms with Crippen molar-refractivity contribution in [1.82, 2.24) is 0 Å². The number of aliphatic hydroxyl groups is 1. The summed E-state index contributed by atoms with van der Waals surface area (Å²) in [5.74, 6) is -0.221. The van der Waals surface area contributed by atoms with Crippen molar-refractivity contribution in [3.05, 3.63) is 29.1 Å². The SMILES string of the molecule is Cc1cc(N2CCC(O)C2)c(C(C)N)cc1F. The van der Waals surface area contributed by atoms with E-state index >= 15 is 0 Å². The van der Waals surface area contributed by atoms with Crippen molar-refractivity contribution < 1.29 is 9.50 Å². The molecule has 94 valence electrons. The number of benzene rings is 1. The smallest absolute Gasteiger partial charge is 0.126 e. The maximum Gasteiger partial charge on any atom is 0.126 e. The van der Waals surface area contributed by atoms with Gasteiger partial charge in [0.15, 0.2) is 0 Å². The van der Waals surface area contributed by atoms with E-state index in [-0.39, 0.29) is 18.0 Å². The molecule has 1 saturated heterocycles. The summed E-state index contributed by atoms with van der Waals surface area (Å²) in [6.45, 7) is 4.99. The zero-order valence-corrected chi connectivity index (χ0v) is 10.3. The second-order valence-corrected chi connectivity index (χ2v) is 4.84. The third-order valence-corrected chi connectivity index (χ3v) is 3.30. The Balaban J connectivity index is 2.40. The van der Waals surface area contributed by atoms with Gasteiger partial charge >= 0.3 is 0 Å². The van der Waals surface area contributed by atoms with Crippen LogP contribution in [0, 0.1) is 12.7 Å². The molecule has 2 rings (SSSR count). The van der Waals surface area contributed by atoms with Gasteiger partial charge in [0.1, 0.15) is 5.82 Å². The van der Waals surface area contributed by atoms with Gasteiger partial charge in [-0.25, -0.2) is 4.39 Å². The van der Waals surface area contributed by atoms with E-state index in [9.17, 15) is 9.50 Å². The average molecular weight is 238 g/mol. The fourth-order valence-corrected chi connectivity index (χ4v) is 2.28. The molecule has 3 N–H and O–H groups in total. The molecular weight excluding hydrogens is 219 g/mol. The molecule has 17 heavy (non-hydrogen) atoms. The van der Waals surface area contributed by atoms with Crippen LogP contribution in [0.4, 0.5) is 10.1 Å². The zero-order valence-electron chi connectivity index (χ0n) is 10.3. The first-order valence-corrected chi connectivity index (χ1v) is 5.97. The normalized spacial score (nSPS) is 21.9. The third kappa shape index (κ3) is 2.42. The summed E-state index contributed by atoms with van der Waals surface area (Å²) in [6.07, 6.45) is 0.468. The van der Waals surface area contributed by atoms with E-state index in [0.717, 1.165) is 24.2 Å². The van der Waals surface area contributed by atoms with Gasteiger partial charge in [0.05, 0.1) is 6.10 Å². The first-order chi connectivity index (χ1) is 7.99. The first-order valence-electron chi connectivity index (χ1n) is 5.97. The second-order valence-electron chi connectivity index (χ2n) is 4.84. The van der Waals surface area contributed by atoms with Crippen LogP contribution in [0.3, 0.4) is 0 Å². The van der Waals surface area contributed by atoms with Crippen LogP contribution >= 0.6 is 0 Å². The Morgan fingerprint density at radius 1 is 1.53 bits per heavy atom. The maximum absolute atomic E-state index is 13.6. The van der Waals surface area contributed by atoms with E-state index in [0.29, 0.717) is 12.1 Å². The maximum atomic E-state index is 13.6. The minimum Gasteiger partial charge on any atom is -0.391 e. The highest BCUT2D eigenvalue weighted by Gasteiger charge is 2.24. The molecule has 0 amide bonds. The van der Waals surface area contributed by atoms with Gasteiger partial charge in [0.25, 0.3) is 0 Å². The Bertz CT molecular complexity index is 420. The number of hydrogen-bond donors (Lipinski definition) is 2. The molecule has 1 fully saturated rings. The Labute approximate surface area is 101 Å². The molecule has 0 aliphatic carbocycles. The molecule has 0 radical (unpaired) electrons. The van der Waals surface area contributed by atoms with E-state index in [1.54, 1.807) is 6.92 Å². The number of hydrogen-bond acceptors (Lipinski definition) is 3. The molecule has 1 aliphatic heterocycles. The predicted molar refractivity (Wildman–Crippen MR) is 66.6 cm³/mol. The highest BCUT2D eigenvalue weighted by molar-refractivity contribution is 5.57. The molecule has 1 heterocycles. The van der Waals surface area contributed by atoms with E-state index in [1.807, 2.05) is 13.0 Å². The quantitative estimate of drug-likeness (QED) is 0.825. The molecule has 0 spiro atoms. The molecule has 4 heteroatoms. The number of halogens is 1. The molecular formula is C13H19FN2O. The standard InChI is InChI=1S/C13H19FN2O/c1-8-5-13(16-4-3-10(17)7-16)11(9(2)15)6-12(8)14/h5-6,9-10,17H,3-4,7,15H2,1-2H3. The van der Waals surface area contributed by atoms with Crippen LogP contribution in [-0.2, 0) is 0 Å². The van der Waals surface area contributed by atoms with Crippen molar-refractivity contribution in [2.24, 2.45) is 5.73 Å². The van der Waals surface area contributed by atoms with E-state index in [1.165, 1.54) is 6.07 Å². The van der Waals surface area contributed by atoms with Crippen molar-refractivity contribution in [1.29, 1.82) is 0 Å². The summed E-state index contributed by atoms with van der Waals surface area (Å²) in [7, 11) is 0. The molecule has 2 atom stereocenters. The summed E-state index contributed by atoms with van der Waals surface area (Å²) in [6, 6.07) is 3.13. The van der Waals surface area contributed by atoms with Crippen LogP contribution in [0.2, 0.25) is 0 Å². The van der Waals surface area contributed by atoms with E-state index in [2.05, 4.69) is 4.90 Å². The fourth-order valence-electron chi connectivity index (χ4n) is 2.28. The number of aryl methyl sites for hydroxylation is 1. The minimum absolute atomic E-state index is 0.210. The monoisotopic (exact) mass is 238 g/mol. The average Bonchev–Trinajstić information content (AvgIpc) is 2.68. The van der Waals surface area contributed by atoms with Crippen LogP contribution < -0.4 is 10.6 Å². The number of β-amino-alcohol motifs (C(OH)–C–C–N with tert-alkyl or cyclic N) is 1. The largest absolute Gasteiger partial charge is 0.391 e. The highest BCUT2D eigenvalue weighted by Crippen LogP contribution is 2.30. The van der Waals surface area contributed by atoms with Gasteiger partial charge in [-0.1, -0.05) is 0 Å². The van der Waals surface area contributed by atoms with Crippen molar-refractivity contribution in [3.8, 4) is 0 Å². The second kappa shape index (κ2) is 4.63. The number of rotatable bonds is 2. The van der Waals surface area contributed by atoms with Crippen molar-refractivity contribution in [2.75, 3.05) is 18.0 Å². The first kappa shape index (κ1) is 12.3. The van der Waals surface area contributed by atoms with Crippen LogP contribution in [0.5, 0.6) is 0 Å². The van der Waals surface area contributed by atoms with Gasteiger partial charge in [-0.3, -0.25) is 0 Å². The molecule has 1 aromatic carbocycles. The molecule has 1 aromatic rings. The number of nitrogens with two attached hydrogens (primary N) is 1. The van der Waals surface area contributed by atoms with Gasteiger partial charge in [0, 0.05) is 24.8 Å². The fraction of sp³-hybridized carbons (Fsp3) is 0.538. The van der Waals surface area contributed by atoms with Crippen molar-refractivity contribution in [2.45, 2.75) is 32.4 Å². The molecule has 0 bridgehead atoms. The Morgan fingerprint density at radius 3 is 2.76 bits per heavy atom. The topological polar surface area (TPSA) is 49.5 Å². The summed E-state index contributed by atoms with van der Waals surface area (Å²) < 4.78 is 13.6. The van der Waals surface area contributed by atoms with Crippen LogP contribution in [0.15, 0.2) is 12.1 Å². The lowest BCUT2D eigenvalue weighted by Gasteiger charge is -2.24. The van der Waals surface area contributed by atoms with Crippen LogP contribution in [0.25, 0.3) is 0 Å². The molecule has 3 nitrogen and oxygen atoms in total. The Morgan fingerprint density at radius 2 is 2.24 bits per heavy atom. The summed E-state index contributed by atoms with van der Waals surface area (Å²) in [5, 5.41) is 9.57. The molecule has 1 aliphatic rings. The third-order valence-electron chi connectivity index (χ3n) is 3.30. The van der Waals surface area contributed by atoms with Crippen molar-refractivity contribution >= 4 is 5.69 Å². The summed E-state index contributed by atoms with van der Waals surface area (Å²) in [4.78, 5) is 2.08. The summed E-state index contributed by atoms with van der Waals surface area (Å²) in [5.41, 5.74) is 8.26. The Kier molecular flexibility index (Phi) is 3.35. The zero-order chi connectivity index (χ0) is 12.6. The Hall–Kier alpha value is -1.13. The van der Waals surface area contributed by atoms with E-state index < -0.39 is 0 Å². The highest BCUT2D eigenvalue weighted by atomic mass is 19.1. The van der Waals surface area contributed by atoms with Gasteiger partial charge in [0.2, 0.25) is 0 Å². The number of nitrogens with zero attached hydrogens (tertiary/aromatic N) is 1. The van der Waals surface area contributed by atoms with E-state index in [4.69, 9.17) is 5.73 Å². The predicted octanol–water partition coefficient (Wildman–Crippen LogP) is 1.72. The number of anilines is 1. The van der Waals surface area contributed by atoms with Gasteiger partial charge in [-0.05, 0) is 43.5 Å². The molecule has 0 saturated carbocycles. The summed E-state index contributed by atoms with van der Waals surface area (Å²) >= 11 is 0. The van der Waals surface area contributed by atoms with Gasteiger partial charge in [-0.15, -0.1) is 0 Å². The lowest BCUT2D eigenvalue weighted by molar-refractivity contribution is 0.198. The molecule has 2 unspecified atom stereocenters.